The second-order valence-electron chi connectivity index (χ2n) is 10.9. The van der Waals surface area contributed by atoms with Crippen LogP contribution in [0.4, 0.5) is 4.39 Å². The molecule has 1 atom stereocenters. The van der Waals surface area contributed by atoms with Gasteiger partial charge in [-0.05, 0) is 62.1 Å². The van der Waals surface area contributed by atoms with Gasteiger partial charge in [-0.3, -0.25) is 19.0 Å². The van der Waals surface area contributed by atoms with E-state index >= 15 is 0 Å². The highest BCUT2D eigenvalue weighted by Crippen LogP contribution is 2.43. The number of hydrogen-bond donors (Lipinski definition) is 3. The molecule has 2 amide bonds. The van der Waals surface area contributed by atoms with Gasteiger partial charge in [0.15, 0.2) is 5.69 Å². The van der Waals surface area contributed by atoms with E-state index in [0.717, 1.165) is 19.1 Å². The molecule has 1 aromatic carbocycles. The number of aromatic hydroxyl groups is 1. The van der Waals surface area contributed by atoms with Crippen LogP contribution in [0.15, 0.2) is 23.0 Å². The molecule has 0 unspecified atom stereocenters. The van der Waals surface area contributed by atoms with Gasteiger partial charge in [-0.2, -0.15) is 0 Å². The normalized spacial score (nSPS) is 24.7. The van der Waals surface area contributed by atoms with Gasteiger partial charge in [-0.1, -0.05) is 12.1 Å². The molecule has 0 radical (unpaired) electrons. The van der Waals surface area contributed by atoms with Gasteiger partial charge in [0.25, 0.3) is 11.5 Å². The van der Waals surface area contributed by atoms with Crippen molar-refractivity contribution >= 4 is 21.8 Å². The molecule has 3 N–H and O–H groups in total. The van der Waals surface area contributed by atoms with Crippen LogP contribution in [0.25, 0.3) is 0 Å². The Bertz CT molecular complexity index is 1500. The fourth-order valence-electron chi connectivity index (χ4n) is 5.92. The van der Waals surface area contributed by atoms with Crippen molar-refractivity contribution in [3.8, 4) is 5.75 Å². The Morgan fingerprint density at radius 2 is 1.92 bits per heavy atom. The number of fused-ring (bicyclic) bond motifs is 2. The third-order valence-electron chi connectivity index (χ3n) is 8.22. The highest BCUT2D eigenvalue weighted by atomic mass is 32.2. The van der Waals surface area contributed by atoms with Crippen LogP contribution in [0.5, 0.6) is 5.75 Å². The first-order chi connectivity index (χ1) is 18.4. The van der Waals surface area contributed by atoms with E-state index in [-0.39, 0.29) is 43.1 Å². The summed E-state index contributed by atoms with van der Waals surface area (Å²) in [6, 6.07) is 4.41. The molecule has 2 bridgehead atoms. The molecule has 0 spiro atoms. The number of aromatic nitrogens is 2. The van der Waals surface area contributed by atoms with Crippen molar-refractivity contribution in [2.24, 2.45) is 11.8 Å². The SMILES string of the molecule is Cc1cc(CNC(=O)c2nc3n(c(=O)c2O)CC2CCC3(NC(=O)[C@H]3CCN(S(C)(=O)=O)C3)CC2)ccc1F. The Labute approximate surface area is 225 Å². The van der Waals surface area contributed by atoms with E-state index in [1.54, 1.807) is 13.0 Å². The monoisotopic (exact) mass is 561 g/mol. The number of aryl methyl sites for hydroxylation is 1. The predicted octanol–water partition coefficient (Wildman–Crippen LogP) is 1.12. The number of hydrogen-bond acceptors (Lipinski definition) is 7. The van der Waals surface area contributed by atoms with Gasteiger partial charge in [0.2, 0.25) is 21.7 Å². The molecule has 2 fully saturated rings. The highest BCUT2D eigenvalue weighted by molar-refractivity contribution is 7.88. The van der Waals surface area contributed by atoms with Crippen LogP contribution in [-0.4, -0.2) is 58.5 Å². The summed E-state index contributed by atoms with van der Waals surface area (Å²) in [7, 11) is -3.42. The largest absolute Gasteiger partial charge is 0.501 e. The summed E-state index contributed by atoms with van der Waals surface area (Å²) in [6.45, 7) is 2.28. The van der Waals surface area contributed by atoms with Gasteiger partial charge >= 0.3 is 0 Å². The number of benzene rings is 1. The average molecular weight is 562 g/mol. The van der Waals surface area contributed by atoms with Crippen molar-refractivity contribution in [3.63, 3.8) is 0 Å². The minimum Gasteiger partial charge on any atom is -0.501 e. The Morgan fingerprint density at radius 3 is 2.56 bits per heavy atom. The quantitative estimate of drug-likeness (QED) is 0.478. The fraction of sp³-hybridized carbons (Fsp3) is 0.538. The average Bonchev–Trinajstić information content (AvgIpc) is 3.30. The lowest BCUT2D eigenvalue weighted by Gasteiger charge is -2.37. The Balaban J connectivity index is 1.44. The van der Waals surface area contributed by atoms with Crippen molar-refractivity contribution in [2.45, 2.75) is 57.7 Å². The molecule has 39 heavy (non-hydrogen) atoms. The molecule has 4 aliphatic rings. The van der Waals surface area contributed by atoms with E-state index in [4.69, 9.17) is 0 Å². The van der Waals surface area contributed by atoms with E-state index < -0.39 is 44.4 Å². The number of nitrogens with zero attached hydrogens (tertiary/aromatic N) is 3. The Hall–Kier alpha value is -3.32. The van der Waals surface area contributed by atoms with Gasteiger partial charge in [0.05, 0.1) is 17.7 Å². The molecular weight excluding hydrogens is 529 g/mol. The van der Waals surface area contributed by atoms with E-state index in [2.05, 4.69) is 15.6 Å². The summed E-state index contributed by atoms with van der Waals surface area (Å²) >= 11 is 0. The molecule has 2 aromatic rings. The Kier molecular flexibility index (Phi) is 7.00. The van der Waals surface area contributed by atoms with Crippen molar-refractivity contribution in [2.75, 3.05) is 19.3 Å². The summed E-state index contributed by atoms with van der Waals surface area (Å²) in [5.74, 6) is -2.40. The van der Waals surface area contributed by atoms with Crippen LogP contribution >= 0.6 is 0 Å². The standard InChI is InChI=1S/C26H32FN5O6S/c1-15-11-17(3-4-19(15)27)12-28-23(35)20-21(33)24(36)32-13-16-5-8-26(9-6-16,25(32)29-20)30-22(34)18-7-10-31(14-18)39(2,37)38/h3-4,11,16,18,33H,5-10,12-14H2,1-2H3,(H,28,35)(H,30,34)/t16?,18-,26?/m0/s1. The van der Waals surface area contributed by atoms with Gasteiger partial charge in [0.1, 0.15) is 11.6 Å². The maximum absolute atomic E-state index is 13.6. The van der Waals surface area contributed by atoms with Gasteiger partial charge in [-0.25, -0.2) is 22.1 Å². The minimum atomic E-state index is -3.42. The number of amides is 2. The minimum absolute atomic E-state index is 0.0297. The van der Waals surface area contributed by atoms with Crippen molar-refractivity contribution < 1.29 is 27.5 Å². The summed E-state index contributed by atoms with van der Waals surface area (Å²) in [6.07, 6.45) is 3.92. The fourth-order valence-corrected chi connectivity index (χ4v) is 6.81. The summed E-state index contributed by atoms with van der Waals surface area (Å²) in [4.78, 5) is 44.2. The van der Waals surface area contributed by atoms with Crippen LogP contribution in [0, 0.1) is 24.6 Å². The van der Waals surface area contributed by atoms with Crippen molar-refractivity contribution in [1.29, 1.82) is 0 Å². The first kappa shape index (κ1) is 27.3. The number of nitrogens with one attached hydrogen (secondary N) is 2. The molecule has 1 saturated carbocycles. The molecule has 1 saturated heterocycles. The van der Waals surface area contributed by atoms with Gasteiger partial charge < -0.3 is 15.7 Å². The third-order valence-corrected chi connectivity index (χ3v) is 9.49. The van der Waals surface area contributed by atoms with Crippen LogP contribution in [0.2, 0.25) is 0 Å². The maximum Gasteiger partial charge on any atom is 0.296 e. The highest BCUT2D eigenvalue weighted by Gasteiger charge is 2.47. The number of halogens is 1. The molecule has 1 aromatic heterocycles. The molecular formula is C26H32FN5O6S. The second kappa shape index (κ2) is 10.0. The number of carbonyl (C=O) groups excluding carboxylic acids is 2. The summed E-state index contributed by atoms with van der Waals surface area (Å²) < 4.78 is 40.1. The second-order valence-corrected chi connectivity index (χ2v) is 12.9. The molecule has 13 heteroatoms. The molecule has 4 heterocycles. The van der Waals surface area contributed by atoms with Gasteiger partial charge in [-0.15, -0.1) is 0 Å². The lowest BCUT2D eigenvalue weighted by atomic mass is 9.77. The summed E-state index contributed by atoms with van der Waals surface area (Å²) in [5.41, 5.74) is -1.16. The first-order valence-electron chi connectivity index (χ1n) is 13.0. The van der Waals surface area contributed by atoms with E-state index in [0.29, 0.717) is 36.9 Å². The number of sulfonamides is 1. The smallest absolute Gasteiger partial charge is 0.296 e. The summed E-state index contributed by atoms with van der Waals surface area (Å²) in [5, 5.41) is 16.4. The lowest BCUT2D eigenvalue weighted by molar-refractivity contribution is -0.127. The van der Waals surface area contributed by atoms with Crippen LogP contribution < -0.4 is 16.2 Å². The van der Waals surface area contributed by atoms with Crippen LogP contribution in [-0.2, 0) is 33.4 Å². The molecule has 3 aliphatic heterocycles. The zero-order valence-electron chi connectivity index (χ0n) is 21.9. The van der Waals surface area contributed by atoms with Crippen molar-refractivity contribution in [1.82, 2.24) is 24.5 Å². The number of carbonyl (C=O) groups is 2. The molecule has 6 rings (SSSR count). The maximum atomic E-state index is 13.6. The van der Waals surface area contributed by atoms with E-state index in [9.17, 15) is 32.3 Å². The third kappa shape index (κ3) is 5.17. The zero-order chi connectivity index (χ0) is 28.1. The van der Waals surface area contributed by atoms with Gasteiger partial charge in [0, 0.05) is 26.2 Å². The van der Waals surface area contributed by atoms with Crippen LogP contribution in [0.3, 0.4) is 0 Å². The predicted molar refractivity (Wildman–Crippen MR) is 139 cm³/mol. The lowest BCUT2D eigenvalue weighted by Crippen LogP contribution is -2.51. The van der Waals surface area contributed by atoms with Crippen LogP contribution in [0.1, 0.15) is 59.5 Å². The topological polar surface area (TPSA) is 151 Å². The Morgan fingerprint density at radius 1 is 1.21 bits per heavy atom. The van der Waals surface area contributed by atoms with Crippen molar-refractivity contribution in [3.05, 3.63) is 57.0 Å². The number of rotatable bonds is 6. The molecule has 210 valence electrons. The van der Waals surface area contributed by atoms with E-state index in [1.165, 1.54) is 21.0 Å². The molecule has 1 aliphatic carbocycles. The zero-order valence-corrected chi connectivity index (χ0v) is 22.7. The first-order valence-corrected chi connectivity index (χ1v) is 14.9. The van der Waals surface area contributed by atoms with E-state index in [1.807, 2.05) is 0 Å². The molecule has 11 nitrogen and oxygen atoms in total.